The highest BCUT2D eigenvalue weighted by molar-refractivity contribution is 5.76. The van der Waals surface area contributed by atoms with Crippen LogP contribution in [0.3, 0.4) is 0 Å². The quantitative estimate of drug-likeness (QED) is 0.580. The number of hydrogen-bond donors (Lipinski definition) is 1. The van der Waals surface area contributed by atoms with Gasteiger partial charge in [-0.2, -0.15) is 10.1 Å². The van der Waals surface area contributed by atoms with Crippen molar-refractivity contribution < 1.29 is 4.39 Å². The Labute approximate surface area is 160 Å². The molecule has 2 aromatic carbocycles. The molecule has 0 spiro atoms. The van der Waals surface area contributed by atoms with E-state index < -0.39 is 0 Å². The zero-order chi connectivity index (χ0) is 19.1. The molecule has 1 aliphatic carbocycles. The fraction of sp³-hybridized carbons (Fsp3) is 0.190. The second-order valence-corrected chi connectivity index (χ2v) is 7.01. The van der Waals surface area contributed by atoms with Gasteiger partial charge < -0.3 is 4.90 Å². The fourth-order valence-electron chi connectivity index (χ4n) is 3.40. The van der Waals surface area contributed by atoms with Gasteiger partial charge in [0.05, 0.1) is 11.9 Å². The van der Waals surface area contributed by atoms with E-state index in [1.54, 1.807) is 10.7 Å². The Morgan fingerprint density at radius 1 is 1.14 bits per heavy atom. The first-order valence-electron chi connectivity index (χ1n) is 9.23. The molecule has 0 aliphatic heterocycles. The van der Waals surface area contributed by atoms with Crippen LogP contribution in [0.25, 0.3) is 16.7 Å². The molecule has 0 radical (unpaired) electrons. The number of fused-ring (bicyclic) bond motifs is 1. The largest absolute Gasteiger partial charge is 0.335 e. The van der Waals surface area contributed by atoms with Crippen molar-refractivity contribution in [3.63, 3.8) is 0 Å². The van der Waals surface area contributed by atoms with Gasteiger partial charge in [-0.25, -0.2) is 9.07 Å². The van der Waals surface area contributed by atoms with E-state index in [9.17, 15) is 9.18 Å². The molecule has 0 amide bonds. The van der Waals surface area contributed by atoms with Gasteiger partial charge in [0.15, 0.2) is 5.65 Å². The van der Waals surface area contributed by atoms with E-state index in [1.807, 2.05) is 41.3 Å². The van der Waals surface area contributed by atoms with E-state index in [1.165, 1.54) is 18.3 Å². The van der Waals surface area contributed by atoms with Crippen LogP contribution in [0.2, 0.25) is 0 Å². The zero-order valence-electron chi connectivity index (χ0n) is 15.0. The van der Waals surface area contributed by atoms with E-state index in [0.717, 1.165) is 24.1 Å². The third-order valence-electron chi connectivity index (χ3n) is 4.93. The number of hydrogen-bond acceptors (Lipinski definition) is 4. The summed E-state index contributed by atoms with van der Waals surface area (Å²) in [7, 11) is 0. The van der Waals surface area contributed by atoms with Crippen molar-refractivity contribution in [2.75, 3.05) is 4.90 Å². The number of halogens is 1. The Morgan fingerprint density at radius 2 is 1.96 bits per heavy atom. The average Bonchev–Trinajstić information content (AvgIpc) is 3.45. The van der Waals surface area contributed by atoms with Gasteiger partial charge in [0, 0.05) is 12.6 Å². The molecular formula is C21H18FN5O. The third-order valence-corrected chi connectivity index (χ3v) is 4.93. The van der Waals surface area contributed by atoms with Crippen molar-refractivity contribution in [1.82, 2.24) is 19.7 Å². The lowest BCUT2D eigenvalue weighted by atomic mass is 10.2. The Morgan fingerprint density at radius 3 is 2.71 bits per heavy atom. The van der Waals surface area contributed by atoms with Crippen LogP contribution in [0.1, 0.15) is 18.4 Å². The maximum Gasteiger partial charge on any atom is 0.263 e. The molecule has 5 rings (SSSR count). The lowest BCUT2D eigenvalue weighted by molar-refractivity contribution is 0.623. The molecule has 0 bridgehead atoms. The van der Waals surface area contributed by atoms with Crippen molar-refractivity contribution in [3.8, 4) is 5.69 Å². The predicted octanol–water partition coefficient (Wildman–Crippen LogP) is 3.42. The lowest BCUT2D eigenvalue weighted by Gasteiger charge is -2.23. The van der Waals surface area contributed by atoms with E-state index in [2.05, 4.69) is 10.1 Å². The van der Waals surface area contributed by atoms with Crippen LogP contribution < -0.4 is 10.5 Å². The van der Waals surface area contributed by atoms with Gasteiger partial charge >= 0.3 is 0 Å². The Balaban J connectivity index is 1.60. The van der Waals surface area contributed by atoms with Gasteiger partial charge in [-0.05, 0) is 42.7 Å². The minimum Gasteiger partial charge on any atom is -0.335 e. The summed E-state index contributed by atoms with van der Waals surface area (Å²) in [5.41, 5.74) is 1.96. The van der Waals surface area contributed by atoms with E-state index in [-0.39, 0.29) is 17.4 Å². The SMILES string of the molecule is O=c1[nH]c(N(Cc2cccc(F)c2)C2CC2)nc2c1cnn2-c1ccccc1. The summed E-state index contributed by atoms with van der Waals surface area (Å²) >= 11 is 0. The standard InChI is InChI=1S/C21H18FN5O/c22-15-6-4-5-14(11-15)13-26(16-9-10-16)21-24-19-18(20(28)25-21)12-23-27(19)17-7-2-1-3-8-17/h1-8,11-12,16H,9-10,13H2,(H,24,25,28). The molecule has 1 N–H and O–H groups in total. The van der Waals surface area contributed by atoms with Crippen molar-refractivity contribution in [2.45, 2.75) is 25.4 Å². The van der Waals surface area contributed by atoms with Crippen molar-refractivity contribution in [1.29, 1.82) is 0 Å². The van der Waals surface area contributed by atoms with Gasteiger partial charge in [0.1, 0.15) is 11.2 Å². The third kappa shape index (κ3) is 3.05. The monoisotopic (exact) mass is 375 g/mol. The fourth-order valence-corrected chi connectivity index (χ4v) is 3.40. The van der Waals surface area contributed by atoms with Crippen molar-refractivity contribution in [3.05, 3.63) is 82.5 Å². The van der Waals surface area contributed by atoms with Gasteiger partial charge in [-0.15, -0.1) is 0 Å². The molecule has 28 heavy (non-hydrogen) atoms. The van der Waals surface area contributed by atoms with Crippen LogP contribution in [-0.4, -0.2) is 25.8 Å². The maximum absolute atomic E-state index is 13.6. The van der Waals surface area contributed by atoms with Crippen molar-refractivity contribution >= 4 is 17.0 Å². The van der Waals surface area contributed by atoms with Gasteiger partial charge in [-0.3, -0.25) is 9.78 Å². The van der Waals surface area contributed by atoms with Crippen LogP contribution >= 0.6 is 0 Å². The normalized spacial score (nSPS) is 13.8. The average molecular weight is 375 g/mol. The first kappa shape index (κ1) is 16.7. The summed E-state index contributed by atoms with van der Waals surface area (Å²) < 4.78 is 15.3. The number of para-hydroxylation sites is 1. The molecule has 0 unspecified atom stereocenters. The highest BCUT2D eigenvalue weighted by atomic mass is 19.1. The first-order chi connectivity index (χ1) is 13.7. The van der Waals surface area contributed by atoms with Gasteiger partial charge in [0.25, 0.3) is 5.56 Å². The van der Waals surface area contributed by atoms with Gasteiger partial charge in [0.2, 0.25) is 5.95 Å². The van der Waals surface area contributed by atoms with E-state index >= 15 is 0 Å². The second-order valence-electron chi connectivity index (χ2n) is 7.01. The molecule has 6 nitrogen and oxygen atoms in total. The summed E-state index contributed by atoms with van der Waals surface area (Å²) in [6.45, 7) is 0.482. The molecule has 0 saturated heterocycles. The molecule has 2 aromatic heterocycles. The number of H-pyrrole nitrogens is 1. The number of benzene rings is 2. The second kappa shape index (κ2) is 6.60. The van der Waals surface area contributed by atoms with Crippen LogP contribution in [0.4, 0.5) is 10.3 Å². The van der Waals surface area contributed by atoms with Gasteiger partial charge in [-0.1, -0.05) is 30.3 Å². The molecule has 7 heteroatoms. The number of anilines is 1. The number of nitrogens with one attached hydrogen (secondary N) is 1. The molecular weight excluding hydrogens is 357 g/mol. The molecule has 1 saturated carbocycles. The molecule has 0 atom stereocenters. The van der Waals surface area contributed by atoms with Crippen LogP contribution in [-0.2, 0) is 6.54 Å². The molecule has 4 aromatic rings. The van der Waals surface area contributed by atoms with Crippen LogP contribution in [0, 0.1) is 5.82 Å². The highest BCUT2D eigenvalue weighted by Crippen LogP contribution is 2.31. The van der Waals surface area contributed by atoms with E-state index in [0.29, 0.717) is 23.5 Å². The Bertz CT molecular complexity index is 1200. The Hall–Kier alpha value is -3.48. The Kier molecular flexibility index (Phi) is 3.93. The summed E-state index contributed by atoms with van der Waals surface area (Å²) in [6.07, 6.45) is 3.58. The molecule has 1 fully saturated rings. The summed E-state index contributed by atoms with van der Waals surface area (Å²) in [5, 5.41) is 4.79. The summed E-state index contributed by atoms with van der Waals surface area (Å²) in [5.74, 6) is 0.217. The minimum atomic E-state index is -0.271. The lowest BCUT2D eigenvalue weighted by Crippen LogP contribution is -2.29. The number of nitrogens with zero attached hydrogens (tertiary/aromatic N) is 4. The van der Waals surface area contributed by atoms with Crippen LogP contribution in [0.5, 0.6) is 0 Å². The molecule has 2 heterocycles. The predicted molar refractivity (Wildman–Crippen MR) is 105 cm³/mol. The zero-order valence-corrected chi connectivity index (χ0v) is 15.0. The van der Waals surface area contributed by atoms with E-state index in [4.69, 9.17) is 4.98 Å². The number of aromatic nitrogens is 4. The first-order valence-corrected chi connectivity index (χ1v) is 9.23. The summed E-state index contributed by atoms with van der Waals surface area (Å²) in [4.78, 5) is 22.3. The number of rotatable bonds is 5. The smallest absolute Gasteiger partial charge is 0.263 e. The van der Waals surface area contributed by atoms with Crippen LogP contribution in [0.15, 0.2) is 65.6 Å². The molecule has 1 aliphatic rings. The maximum atomic E-state index is 13.6. The number of aromatic amines is 1. The molecule has 140 valence electrons. The van der Waals surface area contributed by atoms with Crippen molar-refractivity contribution in [2.24, 2.45) is 0 Å². The summed E-state index contributed by atoms with van der Waals surface area (Å²) in [6, 6.07) is 16.4. The topological polar surface area (TPSA) is 66.8 Å². The highest BCUT2D eigenvalue weighted by Gasteiger charge is 2.31. The minimum absolute atomic E-state index is 0.230.